The third-order valence-electron chi connectivity index (χ3n) is 3.69. The monoisotopic (exact) mass is 300 g/mol. The highest BCUT2D eigenvalue weighted by Crippen LogP contribution is 2.39. The highest BCUT2D eigenvalue weighted by Gasteiger charge is 2.28. The second-order valence-corrected chi connectivity index (χ2v) is 5.03. The number of carbonyl (C=O) groups excluding carboxylic acids is 1. The lowest BCUT2D eigenvalue weighted by Crippen LogP contribution is -2.20. The fraction of sp³-hybridized carbons (Fsp3) is 0.235. The summed E-state index contributed by atoms with van der Waals surface area (Å²) in [4.78, 5) is 12.2. The van der Waals surface area contributed by atoms with E-state index in [2.05, 4.69) is 0 Å². The molecular weight excluding hydrogens is 284 g/mol. The summed E-state index contributed by atoms with van der Waals surface area (Å²) in [6, 6.07) is 9.94. The summed E-state index contributed by atoms with van der Waals surface area (Å²) >= 11 is 0. The van der Waals surface area contributed by atoms with E-state index in [1.807, 2.05) is 6.07 Å². The molecule has 2 aromatic rings. The molecule has 114 valence electrons. The minimum absolute atomic E-state index is 0.0129. The number of Topliss-reactive ketones (excluding diaryl/α,β-unsaturated/α-hetero) is 1. The molecule has 5 heteroatoms. The zero-order chi connectivity index (χ0) is 15.7. The molecule has 0 aliphatic carbocycles. The molecule has 0 amide bonds. The third-order valence-corrected chi connectivity index (χ3v) is 3.69. The summed E-state index contributed by atoms with van der Waals surface area (Å²) in [6.07, 6.45) is -0.172. The Hall–Kier alpha value is -2.69. The predicted octanol–water partition coefficient (Wildman–Crippen LogP) is 3.12. The maximum atomic E-state index is 12.2. The highest BCUT2D eigenvalue weighted by molar-refractivity contribution is 6.00. The molecule has 5 nitrogen and oxygen atoms in total. The first-order valence-electron chi connectivity index (χ1n) is 6.87. The molecular formula is C17H16O5. The fourth-order valence-electron chi connectivity index (χ4n) is 2.55. The number of phenolic OH excluding ortho intramolecular Hbond substituents is 1. The van der Waals surface area contributed by atoms with Crippen LogP contribution in [0, 0.1) is 0 Å². The van der Waals surface area contributed by atoms with Crippen LogP contribution in [-0.2, 0) is 0 Å². The number of ketones is 1. The fourth-order valence-corrected chi connectivity index (χ4v) is 2.55. The molecule has 1 atom stereocenters. The Labute approximate surface area is 128 Å². The van der Waals surface area contributed by atoms with E-state index in [9.17, 15) is 9.90 Å². The molecule has 0 radical (unpaired) electrons. The van der Waals surface area contributed by atoms with Gasteiger partial charge in [-0.1, -0.05) is 6.07 Å². The molecule has 1 aliphatic heterocycles. The number of rotatable bonds is 3. The summed E-state index contributed by atoms with van der Waals surface area (Å²) < 4.78 is 16.3. The normalized spacial score (nSPS) is 16.6. The Bertz CT molecular complexity index is 723. The van der Waals surface area contributed by atoms with Crippen molar-refractivity contribution in [3.05, 3.63) is 47.5 Å². The Morgan fingerprint density at radius 3 is 2.59 bits per heavy atom. The number of methoxy groups -OCH3 is 2. The van der Waals surface area contributed by atoms with E-state index < -0.39 is 6.10 Å². The van der Waals surface area contributed by atoms with Gasteiger partial charge in [-0.05, 0) is 29.8 Å². The molecule has 0 saturated heterocycles. The Kier molecular flexibility index (Phi) is 3.63. The van der Waals surface area contributed by atoms with Crippen molar-refractivity contribution in [1.29, 1.82) is 0 Å². The van der Waals surface area contributed by atoms with E-state index in [1.54, 1.807) is 32.4 Å². The van der Waals surface area contributed by atoms with Crippen molar-refractivity contribution in [3.8, 4) is 23.0 Å². The van der Waals surface area contributed by atoms with Crippen molar-refractivity contribution < 1.29 is 24.1 Å². The van der Waals surface area contributed by atoms with Crippen LogP contribution in [0.15, 0.2) is 36.4 Å². The van der Waals surface area contributed by atoms with Crippen LogP contribution in [0.25, 0.3) is 0 Å². The van der Waals surface area contributed by atoms with Gasteiger partial charge in [0.25, 0.3) is 0 Å². The summed E-state index contributed by atoms with van der Waals surface area (Å²) in [5, 5.41) is 9.55. The van der Waals surface area contributed by atoms with E-state index in [1.165, 1.54) is 12.1 Å². The number of aromatic hydroxyl groups is 1. The van der Waals surface area contributed by atoms with E-state index in [0.29, 0.717) is 22.8 Å². The van der Waals surface area contributed by atoms with Crippen molar-refractivity contribution in [1.82, 2.24) is 0 Å². The highest BCUT2D eigenvalue weighted by atomic mass is 16.5. The second-order valence-electron chi connectivity index (χ2n) is 5.03. The number of carbonyl (C=O) groups is 1. The molecule has 0 fully saturated rings. The van der Waals surface area contributed by atoms with Crippen LogP contribution in [0.3, 0.4) is 0 Å². The zero-order valence-corrected chi connectivity index (χ0v) is 12.3. The second kappa shape index (κ2) is 5.60. The van der Waals surface area contributed by atoms with Gasteiger partial charge >= 0.3 is 0 Å². The lowest BCUT2D eigenvalue weighted by Gasteiger charge is -2.26. The van der Waals surface area contributed by atoms with Gasteiger partial charge in [-0.3, -0.25) is 4.79 Å². The molecule has 0 saturated carbocycles. The molecule has 2 aromatic carbocycles. The average molecular weight is 300 g/mol. The van der Waals surface area contributed by atoms with Crippen LogP contribution >= 0.6 is 0 Å². The van der Waals surface area contributed by atoms with Gasteiger partial charge in [-0.25, -0.2) is 0 Å². The van der Waals surface area contributed by atoms with Gasteiger partial charge in [0, 0.05) is 6.07 Å². The number of hydrogen-bond donors (Lipinski definition) is 1. The molecule has 22 heavy (non-hydrogen) atoms. The lowest BCUT2D eigenvalue weighted by atomic mass is 9.96. The van der Waals surface area contributed by atoms with Gasteiger partial charge in [0.2, 0.25) is 0 Å². The van der Waals surface area contributed by atoms with Crippen LogP contribution in [0.4, 0.5) is 0 Å². The smallest absolute Gasteiger partial charge is 0.170 e. The van der Waals surface area contributed by atoms with Crippen LogP contribution in [-0.4, -0.2) is 25.1 Å². The molecule has 1 heterocycles. The lowest BCUT2D eigenvalue weighted by molar-refractivity contribution is 0.0849. The Morgan fingerprint density at radius 2 is 1.86 bits per heavy atom. The van der Waals surface area contributed by atoms with Crippen molar-refractivity contribution in [3.63, 3.8) is 0 Å². The minimum Gasteiger partial charge on any atom is -0.508 e. The number of hydrogen-bond acceptors (Lipinski definition) is 5. The first kappa shape index (κ1) is 14.3. The number of ether oxygens (including phenoxy) is 3. The molecule has 1 N–H and O–H groups in total. The SMILES string of the molecule is COc1ccc(C2CC(=O)c3ccc(O)cc3O2)cc1OC. The van der Waals surface area contributed by atoms with Gasteiger partial charge in [0.05, 0.1) is 26.2 Å². The Balaban J connectivity index is 1.95. The van der Waals surface area contributed by atoms with Gasteiger partial charge in [0.1, 0.15) is 17.6 Å². The van der Waals surface area contributed by atoms with Crippen LogP contribution in [0.1, 0.15) is 28.4 Å². The number of benzene rings is 2. The van der Waals surface area contributed by atoms with Gasteiger partial charge in [-0.15, -0.1) is 0 Å². The first-order valence-corrected chi connectivity index (χ1v) is 6.87. The van der Waals surface area contributed by atoms with Crippen LogP contribution < -0.4 is 14.2 Å². The predicted molar refractivity (Wildman–Crippen MR) is 80.0 cm³/mol. The molecule has 0 aromatic heterocycles. The van der Waals surface area contributed by atoms with Gasteiger partial charge in [-0.2, -0.15) is 0 Å². The Morgan fingerprint density at radius 1 is 1.09 bits per heavy atom. The topological polar surface area (TPSA) is 65.0 Å². The molecule has 3 rings (SSSR count). The summed E-state index contributed by atoms with van der Waals surface area (Å²) in [6.45, 7) is 0. The number of phenols is 1. The average Bonchev–Trinajstić information content (AvgIpc) is 2.53. The zero-order valence-electron chi connectivity index (χ0n) is 12.3. The summed E-state index contributed by atoms with van der Waals surface area (Å²) in [5.41, 5.74) is 1.31. The first-order chi connectivity index (χ1) is 10.6. The standard InChI is InChI=1S/C17H16O5/c1-20-14-6-3-10(7-17(14)21-2)15-9-13(19)12-5-4-11(18)8-16(12)22-15/h3-8,15,18H,9H2,1-2H3. The maximum absolute atomic E-state index is 12.2. The largest absolute Gasteiger partial charge is 0.508 e. The molecule has 0 spiro atoms. The van der Waals surface area contributed by atoms with Crippen molar-refractivity contribution in [2.24, 2.45) is 0 Å². The van der Waals surface area contributed by atoms with Gasteiger partial charge in [0.15, 0.2) is 17.3 Å². The van der Waals surface area contributed by atoms with E-state index in [4.69, 9.17) is 14.2 Å². The molecule has 1 aliphatic rings. The maximum Gasteiger partial charge on any atom is 0.170 e. The van der Waals surface area contributed by atoms with Crippen LogP contribution in [0.2, 0.25) is 0 Å². The van der Waals surface area contributed by atoms with Crippen molar-refractivity contribution in [2.75, 3.05) is 14.2 Å². The molecule has 1 unspecified atom stereocenters. The van der Waals surface area contributed by atoms with Crippen LogP contribution in [0.5, 0.6) is 23.0 Å². The van der Waals surface area contributed by atoms with Crippen molar-refractivity contribution >= 4 is 5.78 Å². The third kappa shape index (κ3) is 2.45. The quantitative estimate of drug-likeness (QED) is 0.943. The minimum atomic E-state index is -0.415. The van der Waals surface area contributed by atoms with Crippen molar-refractivity contribution in [2.45, 2.75) is 12.5 Å². The van der Waals surface area contributed by atoms with E-state index in [0.717, 1.165) is 5.56 Å². The van der Waals surface area contributed by atoms with E-state index in [-0.39, 0.29) is 18.0 Å². The van der Waals surface area contributed by atoms with E-state index >= 15 is 0 Å². The number of fused-ring (bicyclic) bond motifs is 1. The van der Waals surface area contributed by atoms with Gasteiger partial charge < -0.3 is 19.3 Å². The summed E-state index contributed by atoms with van der Waals surface area (Å²) in [5.74, 6) is 1.65. The molecule has 0 bridgehead atoms. The summed E-state index contributed by atoms with van der Waals surface area (Å²) in [7, 11) is 3.12.